The Morgan fingerprint density at radius 2 is 1.81 bits per heavy atom. The van der Waals surface area contributed by atoms with Crippen LogP contribution in [-0.2, 0) is 10.0 Å². The first-order valence-corrected chi connectivity index (χ1v) is 8.44. The molecular weight excluding hydrogens is 334 g/mol. The van der Waals surface area contributed by atoms with E-state index in [9.17, 15) is 13.2 Å². The van der Waals surface area contributed by atoms with Crippen molar-refractivity contribution in [1.82, 2.24) is 0 Å². The molecule has 1 heterocycles. The van der Waals surface area contributed by atoms with Gasteiger partial charge in [-0.3, -0.25) is 4.72 Å². The van der Waals surface area contributed by atoms with Gasteiger partial charge < -0.3 is 4.42 Å². The number of sulfonamides is 1. The molecule has 2 aromatic carbocycles. The van der Waals surface area contributed by atoms with E-state index in [2.05, 4.69) is 4.72 Å². The number of anilines is 1. The molecule has 0 aliphatic heterocycles. The van der Waals surface area contributed by atoms with E-state index in [1.165, 1.54) is 30.3 Å². The maximum absolute atomic E-state index is 12.2. The lowest BCUT2D eigenvalue weighted by molar-refractivity contribution is 0.585. The van der Waals surface area contributed by atoms with E-state index in [4.69, 9.17) is 16.0 Å². The smallest absolute Gasteiger partial charge is 0.396 e. The second kappa shape index (κ2) is 5.18. The number of fused-ring (bicyclic) bond motifs is 1. The standard InChI is InChI=1S/C13H8ClNO4S2/c14-8-1-4-10(5-2-8)21(17,18)15-9-3-6-11-12(7-9)20-13(16)19-11/h1-7,15H. The largest absolute Gasteiger partial charge is 0.414 e. The van der Waals surface area contributed by atoms with Gasteiger partial charge in [0.25, 0.3) is 10.0 Å². The predicted octanol–water partition coefficient (Wildman–Crippen LogP) is 3.31. The maximum Gasteiger partial charge on any atom is 0.396 e. The minimum atomic E-state index is -3.70. The summed E-state index contributed by atoms with van der Waals surface area (Å²) in [5, 5.41) is 0.457. The minimum absolute atomic E-state index is 0.104. The van der Waals surface area contributed by atoms with Crippen LogP contribution >= 0.6 is 22.9 Å². The van der Waals surface area contributed by atoms with Gasteiger partial charge in [-0.2, -0.15) is 0 Å². The zero-order valence-electron chi connectivity index (χ0n) is 10.4. The number of hydrogen-bond donors (Lipinski definition) is 1. The van der Waals surface area contributed by atoms with Gasteiger partial charge in [-0.1, -0.05) is 22.9 Å². The fourth-order valence-electron chi connectivity index (χ4n) is 1.76. The van der Waals surface area contributed by atoms with E-state index in [0.29, 0.717) is 21.0 Å². The highest BCUT2D eigenvalue weighted by molar-refractivity contribution is 7.92. The highest BCUT2D eigenvalue weighted by atomic mass is 35.5. The third-order valence-corrected chi connectivity index (χ3v) is 5.14. The molecule has 0 saturated heterocycles. The summed E-state index contributed by atoms with van der Waals surface area (Å²) in [6.07, 6.45) is 0. The zero-order chi connectivity index (χ0) is 15.0. The number of rotatable bonds is 3. The van der Waals surface area contributed by atoms with Gasteiger partial charge in [0.1, 0.15) is 5.58 Å². The quantitative estimate of drug-likeness (QED) is 0.793. The lowest BCUT2D eigenvalue weighted by Gasteiger charge is -2.07. The van der Waals surface area contributed by atoms with Crippen molar-refractivity contribution in [2.75, 3.05) is 4.72 Å². The van der Waals surface area contributed by atoms with Crippen molar-refractivity contribution in [2.45, 2.75) is 4.90 Å². The van der Waals surface area contributed by atoms with Crippen molar-refractivity contribution < 1.29 is 12.8 Å². The molecule has 0 saturated carbocycles. The third-order valence-electron chi connectivity index (χ3n) is 2.71. The molecule has 0 radical (unpaired) electrons. The molecule has 0 atom stereocenters. The van der Waals surface area contributed by atoms with Crippen molar-refractivity contribution in [3.8, 4) is 0 Å². The lowest BCUT2D eigenvalue weighted by Crippen LogP contribution is -2.12. The van der Waals surface area contributed by atoms with Crippen LogP contribution in [-0.4, -0.2) is 8.42 Å². The maximum atomic E-state index is 12.2. The van der Waals surface area contributed by atoms with Gasteiger partial charge in [-0.15, -0.1) is 0 Å². The summed E-state index contributed by atoms with van der Waals surface area (Å²) in [5.74, 6) is 0. The Morgan fingerprint density at radius 3 is 2.52 bits per heavy atom. The molecule has 0 aliphatic rings. The van der Waals surface area contributed by atoms with Crippen LogP contribution in [0.5, 0.6) is 0 Å². The van der Waals surface area contributed by atoms with Gasteiger partial charge in [0.05, 0.1) is 15.3 Å². The molecule has 5 nitrogen and oxygen atoms in total. The van der Waals surface area contributed by atoms with E-state index < -0.39 is 15.0 Å². The van der Waals surface area contributed by atoms with Crippen LogP contribution in [0.25, 0.3) is 10.3 Å². The Labute approximate surface area is 128 Å². The number of benzene rings is 2. The highest BCUT2D eigenvalue weighted by Gasteiger charge is 2.14. The van der Waals surface area contributed by atoms with E-state index in [1.54, 1.807) is 12.1 Å². The normalized spacial score (nSPS) is 11.7. The second-order valence-corrected chi connectivity index (χ2v) is 7.27. The molecule has 0 fully saturated rings. The minimum Gasteiger partial charge on any atom is -0.414 e. The van der Waals surface area contributed by atoms with Crippen molar-refractivity contribution in [3.63, 3.8) is 0 Å². The van der Waals surface area contributed by atoms with Crippen molar-refractivity contribution in [1.29, 1.82) is 0 Å². The monoisotopic (exact) mass is 341 g/mol. The summed E-state index contributed by atoms with van der Waals surface area (Å²) in [4.78, 5) is 10.8. The third kappa shape index (κ3) is 2.94. The van der Waals surface area contributed by atoms with E-state index in [1.807, 2.05) is 0 Å². The average molecular weight is 342 g/mol. The van der Waals surface area contributed by atoms with Gasteiger partial charge in [0, 0.05) is 5.02 Å². The summed E-state index contributed by atoms with van der Waals surface area (Å²) < 4.78 is 32.4. The van der Waals surface area contributed by atoms with Crippen LogP contribution in [0.2, 0.25) is 5.02 Å². The Kier molecular flexibility index (Phi) is 3.48. The fourth-order valence-corrected chi connectivity index (χ4v) is 3.65. The molecule has 1 N–H and O–H groups in total. The fraction of sp³-hybridized carbons (Fsp3) is 0. The molecule has 0 bridgehead atoms. The molecular formula is C13H8ClNO4S2. The molecule has 0 spiro atoms. The molecule has 3 aromatic rings. The highest BCUT2D eigenvalue weighted by Crippen LogP contribution is 2.24. The number of hydrogen-bond acceptors (Lipinski definition) is 5. The van der Waals surface area contributed by atoms with Gasteiger partial charge >= 0.3 is 4.94 Å². The first-order chi connectivity index (χ1) is 9.94. The Balaban J connectivity index is 1.96. The van der Waals surface area contributed by atoms with Gasteiger partial charge in [0.2, 0.25) is 0 Å². The second-order valence-electron chi connectivity index (χ2n) is 4.18. The average Bonchev–Trinajstić information content (AvgIpc) is 2.78. The summed E-state index contributed by atoms with van der Waals surface area (Å²) in [6, 6.07) is 10.5. The number of nitrogens with one attached hydrogen (secondary N) is 1. The van der Waals surface area contributed by atoms with Crippen molar-refractivity contribution in [3.05, 3.63) is 57.2 Å². The Morgan fingerprint density at radius 1 is 1.10 bits per heavy atom. The Hall–Kier alpha value is -1.83. The van der Waals surface area contributed by atoms with E-state index in [-0.39, 0.29) is 4.90 Å². The topological polar surface area (TPSA) is 76.4 Å². The summed E-state index contributed by atoms with van der Waals surface area (Å²) in [6.45, 7) is 0. The van der Waals surface area contributed by atoms with Crippen molar-refractivity contribution >= 4 is 48.9 Å². The summed E-state index contributed by atoms with van der Waals surface area (Å²) in [7, 11) is -3.70. The van der Waals surface area contributed by atoms with Gasteiger partial charge in [-0.05, 0) is 42.5 Å². The molecule has 108 valence electrons. The lowest BCUT2D eigenvalue weighted by atomic mass is 10.3. The van der Waals surface area contributed by atoms with Crippen LogP contribution in [0.3, 0.4) is 0 Å². The molecule has 1 aromatic heterocycles. The summed E-state index contributed by atoms with van der Waals surface area (Å²) in [5.41, 5.74) is 0.786. The van der Waals surface area contributed by atoms with Crippen LogP contribution < -0.4 is 9.66 Å². The molecule has 8 heteroatoms. The van der Waals surface area contributed by atoms with Gasteiger partial charge in [0.15, 0.2) is 0 Å². The zero-order valence-corrected chi connectivity index (χ0v) is 12.8. The SMILES string of the molecule is O=c1oc2ccc(NS(=O)(=O)c3ccc(Cl)cc3)cc2s1. The molecule has 0 amide bonds. The van der Waals surface area contributed by atoms with E-state index in [0.717, 1.165) is 11.3 Å². The van der Waals surface area contributed by atoms with Gasteiger partial charge in [-0.25, -0.2) is 13.2 Å². The predicted molar refractivity (Wildman–Crippen MR) is 82.6 cm³/mol. The van der Waals surface area contributed by atoms with Crippen molar-refractivity contribution in [2.24, 2.45) is 0 Å². The molecule has 3 rings (SSSR count). The number of halogens is 1. The molecule has 0 unspecified atom stereocenters. The molecule has 0 aliphatic carbocycles. The van der Waals surface area contributed by atoms with Crippen LogP contribution in [0.4, 0.5) is 5.69 Å². The molecule has 21 heavy (non-hydrogen) atoms. The first kappa shape index (κ1) is 14.1. The van der Waals surface area contributed by atoms with Crippen LogP contribution in [0, 0.1) is 0 Å². The Bertz CT molecular complexity index is 958. The van der Waals surface area contributed by atoms with E-state index >= 15 is 0 Å². The summed E-state index contributed by atoms with van der Waals surface area (Å²) >= 11 is 6.65. The van der Waals surface area contributed by atoms with Crippen LogP contribution in [0.1, 0.15) is 0 Å². The first-order valence-electron chi connectivity index (χ1n) is 5.76. The van der Waals surface area contributed by atoms with Crippen LogP contribution in [0.15, 0.2) is 56.6 Å².